The van der Waals surface area contributed by atoms with E-state index in [9.17, 15) is 0 Å². The first-order valence-electron chi connectivity index (χ1n) is 7.63. The van der Waals surface area contributed by atoms with E-state index in [4.69, 9.17) is 5.73 Å². The number of nitrogens with zero attached hydrogens (tertiary/aromatic N) is 2. The molecule has 2 rings (SSSR count). The zero-order valence-corrected chi connectivity index (χ0v) is 12.1. The summed E-state index contributed by atoms with van der Waals surface area (Å²) in [5.74, 6) is 0. The van der Waals surface area contributed by atoms with Crippen molar-refractivity contribution in [1.29, 1.82) is 0 Å². The third kappa shape index (κ3) is 4.13. The Bertz CT molecular complexity index is 370. The lowest BCUT2D eigenvalue weighted by Gasteiger charge is -2.36. The van der Waals surface area contributed by atoms with Gasteiger partial charge in [0, 0.05) is 26.2 Å². The van der Waals surface area contributed by atoms with E-state index < -0.39 is 0 Å². The van der Waals surface area contributed by atoms with Crippen molar-refractivity contribution in [3.05, 3.63) is 24.3 Å². The van der Waals surface area contributed by atoms with Gasteiger partial charge in [-0.25, -0.2) is 0 Å². The number of unbranched alkanes of at least 4 members (excludes halogenated alkanes) is 3. The average Bonchev–Trinajstić information content (AvgIpc) is 2.45. The number of nitrogens with two attached hydrogens (primary N) is 1. The summed E-state index contributed by atoms with van der Waals surface area (Å²) in [5.41, 5.74) is 8.15. The molecule has 0 spiro atoms. The van der Waals surface area contributed by atoms with Gasteiger partial charge in [0.2, 0.25) is 0 Å². The van der Waals surface area contributed by atoms with E-state index in [2.05, 4.69) is 28.9 Å². The summed E-state index contributed by atoms with van der Waals surface area (Å²) >= 11 is 0. The van der Waals surface area contributed by atoms with Crippen molar-refractivity contribution in [2.45, 2.75) is 32.6 Å². The van der Waals surface area contributed by atoms with Gasteiger partial charge >= 0.3 is 0 Å². The fourth-order valence-corrected chi connectivity index (χ4v) is 2.75. The molecule has 0 atom stereocenters. The Kier molecular flexibility index (Phi) is 5.52. The first-order valence-corrected chi connectivity index (χ1v) is 7.63. The van der Waals surface area contributed by atoms with E-state index in [0.717, 1.165) is 18.8 Å². The molecule has 0 radical (unpaired) electrons. The van der Waals surface area contributed by atoms with Crippen LogP contribution >= 0.6 is 0 Å². The standard InChI is InChI=1S/C16H27N3/c1-2-3-4-7-10-18-11-13-19(14-12-18)16-9-6-5-8-15(16)17/h5-6,8-9H,2-4,7,10-14,17H2,1H3. The Morgan fingerprint density at radius 1 is 1.00 bits per heavy atom. The summed E-state index contributed by atoms with van der Waals surface area (Å²) in [7, 11) is 0. The van der Waals surface area contributed by atoms with E-state index in [1.165, 1.54) is 51.0 Å². The first kappa shape index (κ1) is 14.2. The summed E-state index contributed by atoms with van der Waals surface area (Å²) in [5, 5.41) is 0. The third-order valence-electron chi connectivity index (χ3n) is 3.98. The molecule has 1 fully saturated rings. The molecule has 0 unspecified atom stereocenters. The maximum absolute atomic E-state index is 6.04. The number of piperazine rings is 1. The molecule has 0 bridgehead atoms. The van der Waals surface area contributed by atoms with E-state index >= 15 is 0 Å². The van der Waals surface area contributed by atoms with Crippen LogP contribution in [0.2, 0.25) is 0 Å². The smallest absolute Gasteiger partial charge is 0.0600 e. The summed E-state index contributed by atoms with van der Waals surface area (Å²) in [6.07, 6.45) is 5.42. The minimum Gasteiger partial charge on any atom is -0.397 e. The molecule has 3 heteroatoms. The second-order valence-electron chi connectivity index (χ2n) is 5.45. The predicted octanol–water partition coefficient (Wildman–Crippen LogP) is 2.97. The van der Waals surface area contributed by atoms with Crippen LogP contribution in [0.15, 0.2) is 24.3 Å². The Hall–Kier alpha value is -1.22. The number of hydrogen-bond donors (Lipinski definition) is 1. The molecular formula is C16H27N3. The third-order valence-corrected chi connectivity index (χ3v) is 3.98. The quantitative estimate of drug-likeness (QED) is 0.631. The number of rotatable bonds is 6. The van der Waals surface area contributed by atoms with Crippen LogP contribution in [0.1, 0.15) is 32.6 Å². The minimum atomic E-state index is 0.902. The maximum Gasteiger partial charge on any atom is 0.0600 e. The first-order chi connectivity index (χ1) is 9.31. The van der Waals surface area contributed by atoms with Crippen LogP contribution in [0.3, 0.4) is 0 Å². The van der Waals surface area contributed by atoms with Crippen molar-refractivity contribution in [2.75, 3.05) is 43.4 Å². The molecule has 19 heavy (non-hydrogen) atoms. The van der Waals surface area contributed by atoms with Gasteiger partial charge in [0.25, 0.3) is 0 Å². The summed E-state index contributed by atoms with van der Waals surface area (Å²) in [6, 6.07) is 8.20. The highest BCUT2D eigenvalue weighted by molar-refractivity contribution is 5.67. The zero-order chi connectivity index (χ0) is 13.5. The lowest BCUT2D eigenvalue weighted by molar-refractivity contribution is 0.252. The lowest BCUT2D eigenvalue weighted by atomic mass is 10.2. The van der Waals surface area contributed by atoms with Gasteiger partial charge < -0.3 is 10.6 Å². The number of nitrogen functional groups attached to an aromatic ring is 1. The summed E-state index contributed by atoms with van der Waals surface area (Å²) in [6.45, 7) is 8.06. The van der Waals surface area contributed by atoms with Gasteiger partial charge in [-0.1, -0.05) is 38.3 Å². The molecule has 106 valence electrons. The molecule has 2 N–H and O–H groups in total. The van der Waals surface area contributed by atoms with Crippen molar-refractivity contribution in [3.8, 4) is 0 Å². The monoisotopic (exact) mass is 261 g/mol. The minimum absolute atomic E-state index is 0.902. The molecule has 1 aromatic rings. The van der Waals surface area contributed by atoms with E-state index in [1.54, 1.807) is 0 Å². The molecule has 1 heterocycles. The van der Waals surface area contributed by atoms with Gasteiger partial charge in [-0.15, -0.1) is 0 Å². The highest BCUT2D eigenvalue weighted by atomic mass is 15.3. The Balaban J connectivity index is 1.75. The van der Waals surface area contributed by atoms with Crippen LogP contribution in [0.25, 0.3) is 0 Å². The highest BCUT2D eigenvalue weighted by Crippen LogP contribution is 2.23. The van der Waals surface area contributed by atoms with Crippen LogP contribution in [-0.2, 0) is 0 Å². The number of para-hydroxylation sites is 2. The van der Waals surface area contributed by atoms with Crippen LogP contribution < -0.4 is 10.6 Å². The molecular weight excluding hydrogens is 234 g/mol. The van der Waals surface area contributed by atoms with E-state index in [-0.39, 0.29) is 0 Å². The largest absolute Gasteiger partial charge is 0.397 e. The zero-order valence-electron chi connectivity index (χ0n) is 12.1. The van der Waals surface area contributed by atoms with Gasteiger partial charge in [-0.3, -0.25) is 4.90 Å². The second kappa shape index (κ2) is 7.39. The Labute approximate surface area is 117 Å². The molecule has 1 aliphatic heterocycles. The molecule has 1 saturated heterocycles. The van der Waals surface area contributed by atoms with Gasteiger partial charge in [-0.2, -0.15) is 0 Å². The second-order valence-corrected chi connectivity index (χ2v) is 5.45. The molecule has 0 saturated carbocycles. The average molecular weight is 261 g/mol. The van der Waals surface area contributed by atoms with Gasteiger partial charge in [-0.05, 0) is 25.1 Å². The van der Waals surface area contributed by atoms with Crippen molar-refractivity contribution >= 4 is 11.4 Å². The summed E-state index contributed by atoms with van der Waals surface area (Å²) < 4.78 is 0. The lowest BCUT2D eigenvalue weighted by Crippen LogP contribution is -2.46. The number of hydrogen-bond acceptors (Lipinski definition) is 3. The van der Waals surface area contributed by atoms with Crippen molar-refractivity contribution < 1.29 is 0 Å². The molecule has 0 aromatic heterocycles. The molecule has 3 nitrogen and oxygen atoms in total. The topological polar surface area (TPSA) is 32.5 Å². The van der Waals surface area contributed by atoms with Gasteiger partial charge in [0.15, 0.2) is 0 Å². The van der Waals surface area contributed by atoms with E-state index in [0.29, 0.717) is 0 Å². The molecule has 0 aliphatic carbocycles. The fraction of sp³-hybridized carbons (Fsp3) is 0.625. The van der Waals surface area contributed by atoms with Crippen LogP contribution in [0.5, 0.6) is 0 Å². The fourth-order valence-electron chi connectivity index (χ4n) is 2.75. The summed E-state index contributed by atoms with van der Waals surface area (Å²) in [4.78, 5) is 5.00. The van der Waals surface area contributed by atoms with E-state index in [1.807, 2.05) is 12.1 Å². The van der Waals surface area contributed by atoms with Crippen molar-refractivity contribution in [3.63, 3.8) is 0 Å². The number of benzene rings is 1. The molecule has 1 aromatic carbocycles. The predicted molar refractivity (Wildman–Crippen MR) is 83.6 cm³/mol. The van der Waals surface area contributed by atoms with Gasteiger partial charge in [0.05, 0.1) is 11.4 Å². The normalized spacial score (nSPS) is 16.8. The van der Waals surface area contributed by atoms with Crippen molar-refractivity contribution in [2.24, 2.45) is 0 Å². The van der Waals surface area contributed by atoms with Crippen LogP contribution in [0.4, 0.5) is 11.4 Å². The SMILES string of the molecule is CCCCCCN1CCN(c2ccccc2N)CC1. The Morgan fingerprint density at radius 3 is 2.42 bits per heavy atom. The van der Waals surface area contributed by atoms with Gasteiger partial charge in [0.1, 0.15) is 0 Å². The van der Waals surface area contributed by atoms with Crippen LogP contribution in [0, 0.1) is 0 Å². The number of anilines is 2. The molecule has 1 aliphatic rings. The Morgan fingerprint density at radius 2 is 1.74 bits per heavy atom. The van der Waals surface area contributed by atoms with Crippen molar-refractivity contribution in [1.82, 2.24) is 4.90 Å². The highest BCUT2D eigenvalue weighted by Gasteiger charge is 2.17. The maximum atomic E-state index is 6.04. The molecule has 0 amide bonds. The van der Waals surface area contributed by atoms with Crippen LogP contribution in [-0.4, -0.2) is 37.6 Å².